The fourth-order valence-corrected chi connectivity index (χ4v) is 4.48. The summed E-state index contributed by atoms with van der Waals surface area (Å²) in [6, 6.07) is 19.5. The summed E-state index contributed by atoms with van der Waals surface area (Å²) in [5.41, 5.74) is 1.48. The van der Waals surface area contributed by atoms with Gasteiger partial charge >= 0.3 is 12.1 Å². The molecule has 0 aliphatic carbocycles. The average molecular weight is 524 g/mol. The molecule has 1 N–H and O–H groups in total. The molecular formula is C27H23F3N4O4. The summed E-state index contributed by atoms with van der Waals surface area (Å²) in [5, 5.41) is 13.8. The molecule has 1 aliphatic rings. The van der Waals surface area contributed by atoms with Gasteiger partial charge in [0.15, 0.2) is 5.76 Å². The van der Waals surface area contributed by atoms with E-state index in [0.29, 0.717) is 23.6 Å². The van der Waals surface area contributed by atoms with E-state index in [-0.39, 0.29) is 31.6 Å². The minimum Gasteiger partial charge on any atom is -0.486 e. The molecule has 2 aromatic heterocycles. The summed E-state index contributed by atoms with van der Waals surface area (Å²) < 4.78 is 50.3. The fourth-order valence-electron chi connectivity index (χ4n) is 4.48. The van der Waals surface area contributed by atoms with Gasteiger partial charge in [-0.15, -0.1) is 0 Å². The molecule has 1 saturated heterocycles. The van der Waals surface area contributed by atoms with Gasteiger partial charge in [0.25, 0.3) is 0 Å². The average Bonchev–Trinajstić information content (AvgIpc) is 3.56. The van der Waals surface area contributed by atoms with Crippen LogP contribution in [0, 0.1) is 11.8 Å². The highest BCUT2D eigenvalue weighted by Gasteiger charge is 2.40. The largest absolute Gasteiger partial charge is 0.486 e. The third-order valence-corrected chi connectivity index (χ3v) is 6.41. The predicted molar refractivity (Wildman–Crippen MR) is 130 cm³/mol. The molecule has 0 saturated carbocycles. The van der Waals surface area contributed by atoms with Crippen LogP contribution in [-0.4, -0.2) is 39.3 Å². The van der Waals surface area contributed by atoms with Crippen molar-refractivity contribution in [2.45, 2.75) is 19.2 Å². The van der Waals surface area contributed by atoms with Crippen LogP contribution in [0.5, 0.6) is 5.75 Å². The molecule has 2 unspecified atom stereocenters. The maximum Gasteiger partial charge on any atom is 0.433 e. The number of halogens is 3. The van der Waals surface area contributed by atoms with Crippen molar-refractivity contribution in [3.8, 4) is 17.0 Å². The van der Waals surface area contributed by atoms with Crippen LogP contribution in [0.15, 0.2) is 77.4 Å². The van der Waals surface area contributed by atoms with Gasteiger partial charge < -0.3 is 19.3 Å². The van der Waals surface area contributed by atoms with Crippen molar-refractivity contribution >= 4 is 11.9 Å². The monoisotopic (exact) mass is 524 g/mol. The number of benzene rings is 2. The molecule has 0 spiro atoms. The van der Waals surface area contributed by atoms with Gasteiger partial charge in [0.2, 0.25) is 5.95 Å². The maximum absolute atomic E-state index is 13.1. The van der Waals surface area contributed by atoms with Crippen LogP contribution in [0.3, 0.4) is 0 Å². The first-order chi connectivity index (χ1) is 18.3. The van der Waals surface area contributed by atoms with Gasteiger partial charge in [-0.1, -0.05) is 47.6 Å². The van der Waals surface area contributed by atoms with Crippen molar-refractivity contribution in [2.75, 3.05) is 18.0 Å². The number of alkyl halides is 3. The number of carbonyl (C=O) groups is 1. The molecule has 8 nitrogen and oxygen atoms in total. The number of ether oxygens (including phenoxy) is 1. The molecule has 4 aromatic rings. The Kier molecular flexibility index (Phi) is 6.99. The molecule has 5 rings (SSSR count). The molecule has 11 heteroatoms. The molecule has 3 heterocycles. The first kappa shape index (κ1) is 25.2. The van der Waals surface area contributed by atoms with E-state index in [1.165, 1.54) is 4.90 Å². The van der Waals surface area contributed by atoms with E-state index in [0.717, 1.165) is 23.4 Å². The van der Waals surface area contributed by atoms with Gasteiger partial charge in [0.05, 0.1) is 5.92 Å². The topological polar surface area (TPSA) is 102 Å². The number of aromatic nitrogens is 3. The Morgan fingerprint density at radius 3 is 2.55 bits per heavy atom. The number of rotatable bonds is 8. The van der Waals surface area contributed by atoms with E-state index in [4.69, 9.17) is 9.26 Å². The van der Waals surface area contributed by atoms with Gasteiger partial charge in [-0.3, -0.25) is 4.79 Å². The number of aliphatic carboxylic acids is 1. The summed E-state index contributed by atoms with van der Waals surface area (Å²) in [7, 11) is 0. The molecule has 2 atom stereocenters. The van der Waals surface area contributed by atoms with Gasteiger partial charge in [0.1, 0.15) is 23.7 Å². The molecule has 1 fully saturated rings. The third kappa shape index (κ3) is 5.77. The molecule has 2 aromatic carbocycles. The molecule has 0 bridgehead atoms. The summed E-state index contributed by atoms with van der Waals surface area (Å²) in [5.74, 6) is -1.06. The van der Waals surface area contributed by atoms with E-state index < -0.39 is 23.8 Å². The third-order valence-electron chi connectivity index (χ3n) is 6.41. The Balaban J connectivity index is 1.20. The van der Waals surface area contributed by atoms with Crippen molar-refractivity contribution in [2.24, 2.45) is 11.8 Å². The minimum atomic E-state index is -4.61. The Morgan fingerprint density at radius 2 is 1.84 bits per heavy atom. The number of carboxylic acids is 1. The van der Waals surface area contributed by atoms with E-state index in [2.05, 4.69) is 15.1 Å². The number of anilines is 1. The lowest BCUT2D eigenvalue weighted by atomic mass is 9.90. The smallest absolute Gasteiger partial charge is 0.433 e. The summed E-state index contributed by atoms with van der Waals surface area (Å²) in [6.45, 7) is 0.450. The molecule has 1 aliphatic heterocycles. The van der Waals surface area contributed by atoms with Crippen molar-refractivity contribution in [1.82, 2.24) is 15.1 Å². The minimum absolute atomic E-state index is 0.0324. The first-order valence-corrected chi connectivity index (χ1v) is 11.9. The molecular weight excluding hydrogens is 501 g/mol. The summed E-state index contributed by atoms with van der Waals surface area (Å²) in [6.07, 6.45) is -3.14. The van der Waals surface area contributed by atoms with Crippen molar-refractivity contribution in [1.29, 1.82) is 0 Å². The zero-order valence-corrected chi connectivity index (χ0v) is 20.0. The number of carboxylic acid groups (broad SMARTS) is 1. The lowest BCUT2D eigenvalue weighted by molar-refractivity contribution is -0.142. The van der Waals surface area contributed by atoms with Gasteiger partial charge in [-0.05, 0) is 36.1 Å². The SMILES string of the molecule is O=C(O)C1CN(c2nccc(C(F)(F)F)n2)CC1Cc1ccc(OCc2cc(-c3ccccc3)no2)cc1. The van der Waals surface area contributed by atoms with E-state index in [1.807, 2.05) is 48.5 Å². The second-order valence-electron chi connectivity index (χ2n) is 9.03. The van der Waals surface area contributed by atoms with Crippen molar-refractivity contribution < 1.29 is 32.3 Å². The zero-order valence-electron chi connectivity index (χ0n) is 20.0. The Hall–Kier alpha value is -4.41. The van der Waals surface area contributed by atoms with Crippen molar-refractivity contribution in [3.63, 3.8) is 0 Å². The number of nitrogens with zero attached hydrogens (tertiary/aromatic N) is 4. The number of hydrogen-bond donors (Lipinski definition) is 1. The van der Waals surface area contributed by atoms with Crippen LogP contribution < -0.4 is 9.64 Å². The number of hydrogen-bond acceptors (Lipinski definition) is 7. The van der Waals surface area contributed by atoms with Crippen LogP contribution in [0.1, 0.15) is 17.0 Å². The zero-order chi connectivity index (χ0) is 26.7. The molecule has 38 heavy (non-hydrogen) atoms. The van der Waals surface area contributed by atoms with Gasteiger partial charge in [-0.25, -0.2) is 9.97 Å². The fraction of sp³-hybridized carbons (Fsp3) is 0.259. The summed E-state index contributed by atoms with van der Waals surface area (Å²) >= 11 is 0. The highest BCUT2D eigenvalue weighted by atomic mass is 19.4. The van der Waals surface area contributed by atoms with E-state index in [1.54, 1.807) is 12.1 Å². The van der Waals surface area contributed by atoms with Gasteiger partial charge in [0, 0.05) is 30.9 Å². The molecule has 0 radical (unpaired) electrons. The second kappa shape index (κ2) is 10.5. The Morgan fingerprint density at radius 1 is 1.08 bits per heavy atom. The Labute approximate surface area is 215 Å². The maximum atomic E-state index is 13.1. The van der Waals surface area contributed by atoms with Crippen LogP contribution >= 0.6 is 0 Å². The highest BCUT2D eigenvalue weighted by Crippen LogP contribution is 2.32. The van der Waals surface area contributed by atoms with Gasteiger partial charge in [-0.2, -0.15) is 13.2 Å². The molecule has 196 valence electrons. The molecule has 0 amide bonds. The highest BCUT2D eigenvalue weighted by molar-refractivity contribution is 5.72. The van der Waals surface area contributed by atoms with Crippen molar-refractivity contribution in [3.05, 3.63) is 89.9 Å². The normalized spacial score (nSPS) is 17.5. The second-order valence-corrected chi connectivity index (χ2v) is 9.03. The lowest BCUT2D eigenvalue weighted by Gasteiger charge is -2.17. The Bertz CT molecular complexity index is 1390. The van der Waals surface area contributed by atoms with Crippen LogP contribution in [-0.2, 0) is 24.0 Å². The predicted octanol–water partition coefficient (Wildman–Crippen LogP) is 5.11. The van der Waals surface area contributed by atoms with Crippen LogP contribution in [0.2, 0.25) is 0 Å². The van der Waals surface area contributed by atoms with E-state index in [9.17, 15) is 23.1 Å². The van der Waals surface area contributed by atoms with Crippen LogP contribution in [0.25, 0.3) is 11.3 Å². The standard InChI is InChI=1S/C27H23F3N4O4/c28-27(29,30)24-10-11-31-26(32-24)34-14-19(22(15-34)25(35)36)12-17-6-8-20(9-7-17)37-16-21-13-23(33-38-21)18-4-2-1-3-5-18/h1-11,13,19,22H,12,14-16H2,(H,35,36). The lowest BCUT2D eigenvalue weighted by Crippen LogP contribution is -2.25. The first-order valence-electron chi connectivity index (χ1n) is 11.9. The van der Waals surface area contributed by atoms with E-state index >= 15 is 0 Å². The quantitative estimate of drug-likeness (QED) is 0.339. The summed E-state index contributed by atoms with van der Waals surface area (Å²) in [4.78, 5) is 20.9. The van der Waals surface area contributed by atoms with Crippen LogP contribution in [0.4, 0.5) is 19.1 Å².